The van der Waals surface area contributed by atoms with E-state index >= 15 is 0 Å². The van der Waals surface area contributed by atoms with Gasteiger partial charge >= 0.3 is 0 Å². The van der Waals surface area contributed by atoms with Crippen LogP contribution in [0.4, 0.5) is 5.69 Å². The molecule has 3 aliphatic rings. The molecular formula is C24H31BrN2O3. The predicted molar refractivity (Wildman–Crippen MR) is 120 cm³/mol. The summed E-state index contributed by atoms with van der Waals surface area (Å²) in [7, 11) is 0. The average Bonchev–Trinajstić information content (AvgIpc) is 2.93. The lowest BCUT2D eigenvalue weighted by atomic mass is 9.87. The molecule has 1 heterocycles. The molecule has 1 atom stereocenters. The van der Waals surface area contributed by atoms with Crippen LogP contribution in [-0.4, -0.2) is 34.7 Å². The molecule has 30 heavy (non-hydrogen) atoms. The van der Waals surface area contributed by atoms with Crippen LogP contribution in [0.15, 0.2) is 28.7 Å². The molecule has 1 aromatic rings. The lowest BCUT2D eigenvalue weighted by Crippen LogP contribution is -2.52. The van der Waals surface area contributed by atoms with Crippen molar-refractivity contribution in [2.75, 3.05) is 4.90 Å². The standard InChI is InChI=1S/C24H31BrN2O3/c25-18-12-14-20(15-13-18)27-22(28)16-21(24(27)30)26(19-10-6-1-2-7-11-19)23(29)17-8-4-3-5-9-17/h12-15,17,19,21H,1-11,16H2. The van der Waals surface area contributed by atoms with Crippen LogP contribution in [0.2, 0.25) is 0 Å². The lowest BCUT2D eigenvalue weighted by molar-refractivity contribution is -0.146. The van der Waals surface area contributed by atoms with Crippen molar-refractivity contribution in [1.82, 2.24) is 4.90 Å². The summed E-state index contributed by atoms with van der Waals surface area (Å²) >= 11 is 3.40. The summed E-state index contributed by atoms with van der Waals surface area (Å²) in [6.45, 7) is 0. The number of hydrogen-bond donors (Lipinski definition) is 0. The molecule has 0 N–H and O–H groups in total. The lowest BCUT2D eigenvalue weighted by Gasteiger charge is -2.38. The zero-order valence-electron chi connectivity index (χ0n) is 17.5. The third-order valence-electron chi connectivity index (χ3n) is 6.97. The van der Waals surface area contributed by atoms with Crippen molar-refractivity contribution >= 4 is 39.3 Å². The second kappa shape index (κ2) is 9.63. The monoisotopic (exact) mass is 474 g/mol. The van der Waals surface area contributed by atoms with Crippen molar-refractivity contribution in [3.05, 3.63) is 28.7 Å². The highest BCUT2D eigenvalue weighted by molar-refractivity contribution is 9.10. The van der Waals surface area contributed by atoms with Gasteiger partial charge < -0.3 is 4.90 Å². The van der Waals surface area contributed by atoms with E-state index in [0.29, 0.717) is 5.69 Å². The SMILES string of the molecule is O=C1CC(N(C(=O)C2CCCCC2)C2CCCCCC2)C(=O)N1c1ccc(Br)cc1. The van der Waals surface area contributed by atoms with E-state index in [0.717, 1.165) is 55.8 Å². The molecule has 2 aliphatic carbocycles. The highest BCUT2D eigenvalue weighted by Crippen LogP contribution is 2.34. The van der Waals surface area contributed by atoms with Crippen molar-refractivity contribution in [1.29, 1.82) is 0 Å². The first-order valence-electron chi connectivity index (χ1n) is 11.5. The summed E-state index contributed by atoms with van der Waals surface area (Å²) in [5.41, 5.74) is 0.585. The molecule has 162 valence electrons. The van der Waals surface area contributed by atoms with Crippen molar-refractivity contribution in [3.8, 4) is 0 Å². The first kappa shape index (κ1) is 21.5. The number of amides is 3. The fourth-order valence-electron chi connectivity index (χ4n) is 5.38. The molecule has 0 aromatic heterocycles. The summed E-state index contributed by atoms with van der Waals surface area (Å²) < 4.78 is 0.898. The number of benzene rings is 1. The van der Waals surface area contributed by atoms with Crippen LogP contribution in [0.1, 0.15) is 77.0 Å². The van der Waals surface area contributed by atoms with Gasteiger partial charge in [0.15, 0.2) is 0 Å². The topological polar surface area (TPSA) is 57.7 Å². The quantitative estimate of drug-likeness (QED) is 0.444. The highest BCUT2D eigenvalue weighted by Gasteiger charge is 2.47. The van der Waals surface area contributed by atoms with Crippen molar-refractivity contribution < 1.29 is 14.4 Å². The van der Waals surface area contributed by atoms with Gasteiger partial charge in [-0.2, -0.15) is 0 Å². The van der Waals surface area contributed by atoms with Crippen LogP contribution in [0, 0.1) is 5.92 Å². The van der Waals surface area contributed by atoms with E-state index in [1.165, 1.54) is 24.2 Å². The van der Waals surface area contributed by atoms with E-state index in [1.807, 2.05) is 17.0 Å². The minimum absolute atomic E-state index is 0.00614. The van der Waals surface area contributed by atoms with Crippen LogP contribution in [0.3, 0.4) is 0 Å². The van der Waals surface area contributed by atoms with Crippen LogP contribution in [-0.2, 0) is 14.4 Å². The zero-order valence-corrected chi connectivity index (χ0v) is 19.1. The molecule has 4 rings (SSSR count). The van der Waals surface area contributed by atoms with E-state index in [-0.39, 0.29) is 36.1 Å². The van der Waals surface area contributed by atoms with Gasteiger partial charge in [0.05, 0.1) is 12.1 Å². The fraction of sp³-hybridized carbons (Fsp3) is 0.625. The van der Waals surface area contributed by atoms with Gasteiger partial charge in [-0.15, -0.1) is 0 Å². The van der Waals surface area contributed by atoms with Crippen LogP contribution in [0.25, 0.3) is 0 Å². The number of carbonyl (C=O) groups excluding carboxylic acids is 3. The molecule has 2 saturated carbocycles. The molecule has 6 heteroatoms. The van der Waals surface area contributed by atoms with Crippen LogP contribution < -0.4 is 4.90 Å². The number of hydrogen-bond acceptors (Lipinski definition) is 3. The smallest absolute Gasteiger partial charge is 0.257 e. The largest absolute Gasteiger partial charge is 0.327 e. The van der Waals surface area contributed by atoms with E-state index in [4.69, 9.17) is 0 Å². The van der Waals surface area contributed by atoms with E-state index in [2.05, 4.69) is 15.9 Å². The minimum atomic E-state index is -0.654. The maximum absolute atomic E-state index is 13.7. The Morgan fingerprint density at radius 2 is 1.43 bits per heavy atom. The summed E-state index contributed by atoms with van der Waals surface area (Å²) in [6, 6.07) is 6.65. The molecule has 0 spiro atoms. The van der Waals surface area contributed by atoms with Crippen LogP contribution in [0.5, 0.6) is 0 Å². The van der Waals surface area contributed by atoms with Crippen molar-refractivity contribution in [2.45, 2.75) is 89.1 Å². The molecule has 1 aliphatic heterocycles. The van der Waals surface area contributed by atoms with Gasteiger partial charge in [0, 0.05) is 16.4 Å². The summed E-state index contributed by atoms with van der Waals surface area (Å²) in [5, 5.41) is 0. The summed E-state index contributed by atoms with van der Waals surface area (Å²) in [4.78, 5) is 43.2. The Morgan fingerprint density at radius 3 is 2.07 bits per heavy atom. The molecule has 1 saturated heterocycles. The predicted octanol–water partition coefficient (Wildman–Crippen LogP) is 5.21. The molecule has 0 radical (unpaired) electrons. The third kappa shape index (κ3) is 4.48. The number of halogens is 1. The minimum Gasteiger partial charge on any atom is -0.327 e. The molecule has 1 unspecified atom stereocenters. The van der Waals surface area contributed by atoms with E-state index < -0.39 is 6.04 Å². The molecule has 5 nitrogen and oxygen atoms in total. The Hall–Kier alpha value is -1.69. The van der Waals surface area contributed by atoms with Crippen molar-refractivity contribution in [2.24, 2.45) is 5.92 Å². The maximum Gasteiger partial charge on any atom is 0.257 e. The maximum atomic E-state index is 13.7. The van der Waals surface area contributed by atoms with Gasteiger partial charge in [-0.1, -0.05) is 60.9 Å². The number of anilines is 1. The Labute approximate surface area is 187 Å². The second-order valence-electron chi connectivity index (χ2n) is 8.99. The fourth-order valence-corrected chi connectivity index (χ4v) is 5.64. The van der Waals surface area contributed by atoms with Gasteiger partial charge in [-0.25, -0.2) is 4.90 Å². The number of imide groups is 1. The number of carbonyl (C=O) groups is 3. The molecule has 3 amide bonds. The summed E-state index contributed by atoms with van der Waals surface area (Å²) in [5.74, 6) is -0.324. The van der Waals surface area contributed by atoms with E-state index in [9.17, 15) is 14.4 Å². The Bertz CT molecular complexity index is 780. The van der Waals surface area contributed by atoms with E-state index in [1.54, 1.807) is 12.1 Å². The average molecular weight is 475 g/mol. The van der Waals surface area contributed by atoms with Gasteiger partial charge in [0.2, 0.25) is 11.8 Å². The second-order valence-corrected chi connectivity index (χ2v) is 9.91. The third-order valence-corrected chi connectivity index (χ3v) is 7.50. The molecule has 0 bridgehead atoms. The Balaban J connectivity index is 1.62. The van der Waals surface area contributed by atoms with Gasteiger partial charge in [0.25, 0.3) is 5.91 Å². The normalized spacial score (nSPS) is 24.2. The zero-order chi connectivity index (χ0) is 21.1. The number of rotatable bonds is 4. The highest BCUT2D eigenvalue weighted by atomic mass is 79.9. The van der Waals surface area contributed by atoms with Gasteiger partial charge in [-0.3, -0.25) is 14.4 Å². The van der Waals surface area contributed by atoms with Crippen LogP contribution >= 0.6 is 15.9 Å². The molecule has 1 aromatic carbocycles. The number of nitrogens with zero attached hydrogens (tertiary/aromatic N) is 2. The first-order valence-corrected chi connectivity index (χ1v) is 12.3. The van der Waals surface area contributed by atoms with Gasteiger partial charge in [0.1, 0.15) is 6.04 Å². The Morgan fingerprint density at radius 1 is 0.867 bits per heavy atom. The van der Waals surface area contributed by atoms with Gasteiger partial charge in [-0.05, 0) is 49.9 Å². The Kier molecular flexibility index (Phi) is 6.91. The summed E-state index contributed by atoms with van der Waals surface area (Å²) in [6.07, 6.45) is 11.7. The molecular weight excluding hydrogens is 444 g/mol. The van der Waals surface area contributed by atoms with Crippen molar-refractivity contribution in [3.63, 3.8) is 0 Å². The molecule has 3 fully saturated rings. The first-order chi connectivity index (χ1) is 14.6.